The predicted molar refractivity (Wildman–Crippen MR) is 57.3 cm³/mol. The standard InChI is InChI=1S/C11H23NO2/c1-10(13)5-6-12(2)8-11-4-3-7-14-9-11/h10-11,13H,3-9H2,1-2H3. The molecular weight excluding hydrogens is 178 g/mol. The number of nitrogens with zero attached hydrogens (tertiary/aromatic N) is 1. The molecule has 2 atom stereocenters. The van der Waals surface area contributed by atoms with Crippen LogP contribution in [0, 0.1) is 5.92 Å². The highest BCUT2D eigenvalue weighted by atomic mass is 16.5. The maximum atomic E-state index is 9.16. The molecule has 1 N–H and O–H groups in total. The Bertz CT molecular complexity index is 144. The number of aliphatic hydroxyl groups excluding tert-OH is 1. The molecule has 0 radical (unpaired) electrons. The van der Waals surface area contributed by atoms with Gasteiger partial charge in [-0.2, -0.15) is 0 Å². The lowest BCUT2D eigenvalue weighted by molar-refractivity contribution is 0.0403. The van der Waals surface area contributed by atoms with Crippen LogP contribution in [0.1, 0.15) is 26.2 Å². The Morgan fingerprint density at radius 2 is 2.36 bits per heavy atom. The number of rotatable bonds is 5. The Morgan fingerprint density at radius 1 is 1.57 bits per heavy atom. The van der Waals surface area contributed by atoms with Gasteiger partial charge in [0, 0.05) is 19.7 Å². The van der Waals surface area contributed by atoms with Crippen LogP contribution < -0.4 is 0 Å². The first-order valence-electron chi connectivity index (χ1n) is 5.63. The molecule has 0 aromatic carbocycles. The molecule has 1 saturated heterocycles. The Kier molecular flexibility index (Phi) is 5.45. The number of aliphatic hydroxyl groups is 1. The van der Waals surface area contributed by atoms with E-state index in [1.54, 1.807) is 0 Å². The van der Waals surface area contributed by atoms with Crippen molar-refractivity contribution in [3.63, 3.8) is 0 Å². The van der Waals surface area contributed by atoms with E-state index in [0.29, 0.717) is 5.92 Å². The lowest BCUT2D eigenvalue weighted by Gasteiger charge is -2.27. The molecule has 0 saturated carbocycles. The topological polar surface area (TPSA) is 32.7 Å². The van der Waals surface area contributed by atoms with Crippen LogP contribution >= 0.6 is 0 Å². The fraction of sp³-hybridized carbons (Fsp3) is 1.00. The molecule has 2 unspecified atom stereocenters. The molecule has 1 aliphatic rings. The fourth-order valence-corrected chi connectivity index (χ4v) is 1.89. The average molecular weight is 201 g/mol. The van der Waals surface area contributed by atoms with Crippen molar-refractivity contribution in [3.05, 3.63) is 0 Å². The summed E-state index contributed by atoms with van der Waals surface area (Å²) in [5.41, 5.74) is 0. The first-order valence-corrected chi connectivity index (χ1v) is 5.63. The zero-order chi connectivity index (χ0) is 10.4. The summed E-state index contributed by atoms with van der Waals surface area (Å²) in [5.74, 6) is 0.697. The van der Waals surface area contributed by atoms with Gasteiger partial charge in [0.1, 0.15) is 0 Å². The highest BCUT2D eigenvalue weighted by Crippen LogP contribution is 2.14. The molecule has 84 valence electrons. The van der Waals surface area contributed by atoms with E-state index < -0.39 is 0 Å². The van der Waals surface area contributed by atoms with Crippen LogP contribution in [-0.4, -0.2) is 49.5 Å². The van der Waals surface area contributed by atoms with Gasteiger partial charge in [-0.1, -0.05) is 0 Å². The summed E-state index contributed by atoms with van der Waals surface area (Å²) in [6.07, 6.45) is 3.18. The van der Waals surface area contributed by atoms with Crippen molar-refractivity contribution in [2.45, 2.75) is 32.3 Å². The molecular formula is C11H23NO2. The quantitative estimate of drug-likeness (QED) is 0.723. The maximum absolute atomic E-state index is 9.16. The lowest BCUT2D eigenvalue weighted by atomic mass is 10.0. The van der Waals surface area contributed by atoms with Crippen LogP contribution in [0.5, 0.6) is 0 Å². The van der Waals surface area contributed by atoms with Gasteiger partial charge in [0.2, 0.25) is 0 Å². The Hall–Kier alpha value is -0.120. The molecule has 1 aliphatic heterocycles. The first kappa shape index (κ1) is 12.0. The summed E-state index contributed by atoms with van der Waals surface area (Å²) in [5, 5.41) is 9.16. The van der Waals surface area contributed by atoms with Crippen LogP contribution in [0.3, 0.4) is 0 Å². The minimum atomic E-state index is -0.181. The third kappa shape index (κ3) is 4.94. The van der Waals surface area contributed by atoms with E-state index in [1.165, 1.54) is 12.8 Å². The van der Waals surface area contributed by atoms with Gasteiger partial charge in [-0.25, -0.2) is 0 Å². The molecule has 3 heteroatoms. The molecule has 0 amide bonds. The van der Waals surface area contributed by atoms with Gasteiger partial charge in [-0.05, 0) is 39.2 Å². The van der Waals surface area contributed by atoms with Gasteiger partial charge >= 0.3 is 0 Å². The van der Waals surface area contributed by atoms with E-state index in [2.05, 4.69) is 11.9 Å². The van der Waals surface area contributed by atoms with Crippen molar-refractivity contribution >= 4 is 0 Å². The Morgan fingerprint density at radius 3 is 2.93 bits per heavy atom. The van der Waals surface area contributed by atoms with Crippen molar-refractivity contribution in [1.29, 1.82) is 0 Å². The summed E-state index contributed by atoms with van der Waals surface area (Å²) in [6, 6.07) is 0. The van der Waals surface area contributed by atoms with E-state index in [-0.39, 0.29) is 6.10 Å². The molecule has 0 aromatic rings. The molecule has 0 spiro atoms. The van der Waals surface area contributed by atoms with E-state index in [4.69, 9.17) is 9.84 Å². The summed E-state index contributed by atoms with van der Waals surface area (Å²) in [6.45, 7) is 5.78. The summed E-state index contributed by atoms with van der Waals surface area (Å²) < 4.78 is 5.43. The number of hydrogen-bond acceptors (Lipinski definition) is 3. The van der Waals surface area contributed by atoms with Crippen LogP contribution in [0.25, 0.3) is 0 Å². The Labute approximate surface area is 87.1 Å². The van der Waals surface area contributed by atoms with Crippen molar-refractivity contribution in [1.82, 2.24) is 4.90 Å². The third-order valence-electron chi connectivity index (χ3n) is 2.75. The second-order valence-electron chi connectivity index (χ2n) is 4.48. The maximum Gasteiger partial charge on any atom is 0.0524 e. The van der Waals surface area contributed by atoms with Gasteiger partial charge in [-0.15, -0.1) is 0 Å². The smallest absolute Gasteiger partial charge is 0.0524 e. The average Bonchev–Trinajstić information content (AvgIpc) is 2.16. The van der Waals surface area contributed by atoms with Crippen molar-refractivity contribution in [3.8, 4) is 0 Å². The zero-order valence-corrected chi connectivity index (χ0v) is 9.41. The van der Waals surface area contributed by atoms with Crippen molar-refractivity contribution in [2.24, 2.45) is 5.92 Å². The molecule has 1 rings (SSSR count). The lowest BCUT2D eigenvalue weighted by Crippen LogP contribution is -2.32. The van der Waals surface area contributed by atoms with Gasteiger partial charge in [0.15, 0.2) is 0 Å². The predicted octanol–water partition coefficient (Wildman–Crippen LogP) is 1.12. The second-order valence-corrected chi connectivity index (χ2v) is 4.48. The van der Waals surface area contributed by atoms with Crippen LogP contribution in [0.15, 0.2) is 0 Å². The van der Waals surface area contributed by atoms with Gasteiger partial charge in [0.05, 0.1) is 12.7 Å². The largest absolute Gasteiger partial charge is 0.393 e. The SMILES string of the molecule is CC(O)CCN(C)CC1CCCOC1. The van der Waals surface area contributed by atoms with E-state index in [0.717, 1.165) is 32.7 Å². The number of hydrogen-bond donors (Lipinski definition) is 1. The first-order chi connectivity index (χ1) is 6.68. The van der Waals surface area contributed by atoms with Crippen LogP contribution in [-0.2, 0) is 4.74 Å². The van der Waals surface area contributed by atoms with E-state index in [9.17, 15) is 0 Å². The van der Waals surface area contributed by atoms with Crippen LogP contribution in [0.2, 0.25) is 0 Å². The molecule has 0 aliphatic carbocycles. The Balaban J connectivity index is 2.09. The van der Waals surface area contributed by atoms with E-state index >= 15 is 0 Å². The number of ether oxygens (including phenoxy) is 1. The van der Waals surface area contributed by atoms with Gasteiger partial charge < -0.3 is 14.7 Å². The highest BCUT2D eigenvalue weighted by Gasteiger charge is 2.15. The van der Waals surface area contributed by atoms with Gasteiger partial charge in [0.25, 0.3) is 0 Å². The fourth-order valence-electron chi connectivity index (χ4n) is 1.89. The zero-order valence-electron chi connectivity index (χ0n) is 9.41. The molecule has 14 heavy (non-hydrogen) atoms. The molecule has 3 nitrogen and oxygen atoms in total. The third-order valence-corrected chi connectivity index (χ3v) is 2.75. The van der Waals surface area contributed by atoms with Gasteiger partial charge in [-0.3, -0.25) is 0 Å². The van der Waals surface area contributed by atoms with Crippen molar-refractivity contribution in [2.75, 3.05) is 33.4 Å². The summed E-state index contributed by atoms with van der Waals surface area (Å²) in [7, 11) is 2.12. The van der Waals surface area contributed by atoms with E-state index in [1.807, 2.05) is 6.92 Å². The highest BCUT2D eigenvalue weighted by molar-refractivity contribution is 4.67. The van der Waals surface area contributed by atoms with Crippen LogP contribution in [0.4, 0.5) is 0 Å². The molecule has 0 aromatic heterocycles. The monoisotopic (exact) mass is 201 g/mol. The summed E-state index contributed by atoms with van der Waals surface area (Å²) >= 11 is 0. The molecule has 0 bridgehead atoms. The molecule has 1 fully saturated rings. The normalized spacial score (nSPS) is 25.3. The second kappa shape index (κ2) is 6.38. The minimum Gasteiger partial charge on any atom is -0.393 e. The minimum absolute atomic E-state index is 0.181. The van der Waals surface area contributed by atoms with Crippen molar-refractivity contribution < 1.29 is 9.84 Å². The summed E-state index contributed by atoms with van der Waals surface area (Å²) in [4.78, 5) is 2.30. The molecule has 1 heterocycles.